The van der Waals surface area contributed by atoms with Gasteiger partial charge >= 0.3 is 0 Å². The summed E-state index contributed by atoms with van der Waals surface area (Å²) in [7, 11) is 0. The van der Waals surface area contributed by atoms with Gasteiger partial charge in [-0.15, -0.1) is 0 Å². The molecule has 1 aliphatic carbocycles. The first-order valence-electron chi connectivity index (χ1n) is 5.15. The summed E-state index contributed by atoms with van der Waals surface area (Å²) in [6.45, 7) is 3.55. The van der Waals surface area contributed by atoms with E-state index in [9.17, 15) is 0 Å². The second-order valence-corrected chi connectivity index (χ2v) is 5.01. The summed E-state index contributed by atoms with van der Waals surface area (Å²) in [5.74, 6) is 1.00. The molecule has 1 saturated carbocycles. The van der Waals surface area contributed by atoms with Crippen LogP contribution >= 0.6 is 11.8 Å². The van der Waals surface area contributed by atoms with Crippen molar-refractivity contribution in [3.05, 3.63) is 0 Å². The van der Waals surface area contributed by atoms with Crippen molar-refractivity contribution in [3.63, 3.8) is 0 Å². The number of hydrogen-bond acceptors (Lipinski definition) is 3. The maximum absolute atomic E-state index is 9.06. The van der Waals surface area contributed by atoms with Gasteiger partial charge in [0.1, 0.15) is 0 Å². The van der Waals surface area contributed by atoms with E-state index in [4.69, 9.17) is 5.11 Å². The lowest BCUT2D eigenvalue weighted by molar-refractivity contribution is 0.276. The molecule has 0 aliphatic heterocycles. The molecule has 0 radical (unpaired) electrons. The number of hydrogen-bond donors (Lipinski definition) is 2. The van der Waals surface area contributed by atoms with Crippen LogP contribution in [0.25, 0.3) is 0 Å². The Labute approximate surface area is 85.5 Å². The summed E-state index contributed by atoms with van der Waals surface area (Å²) in [5, 5.41) is 12.9. The predicted molar refractivity (Wildman–Crippen MR) is 59.2 cm³/mol. The first-order chi connectivity index (χ1) is 6.27. The smallest absolute Gasteiger partial charge is 0.0564 e. The summed E-state index contributed by atoms with van der Waals surface area (Å²) < 4.78 is 0. The van der Waals surface area contributed by atoms with Gasteiger partial charge in [-0.2, -0.15) is 11.8 Å². The van der Waals surface area contributed by atoms with E-state index in [1.807, 2.05) is 0 Å². The topological polar surface area (TPSA) is 32.3 Å². The minimum absolute atomic E-state index is 0.277. The van der Waals surface area contributed by atoms with Gasteiger partial charge in [0, 0.05) is 11.3 Å². The minimum atomic E-state index is 0.277. The van der Waals surface area contributed by atoms with Gasteiger partial charge in [0.05, 0.1) is 6.61 Å². The van der Waals surface area contributed by atoms with Crippen molar-refractivity contribution < 1.29 is 5.11 Å². The fraction of sp³-hybridized carbons (Fsp3) is 1.00. The van der Waals surface area contributed by atoms with Crippen LogP contribution in [0.5, 0.6) is 0 Å². The number of thioether (sulfide) groups is 1. The van der Waals surface area contributed by atoms with Crippen molar-refractivity contribution in [1.82, 2.24) is 5.32 Å². The average Bonchev–Trinajstić information content (AvgIpc) is 2.90. The van der Waals surface area contributed by atoms with E-state index in [0.717, 1.165) is 12.5 Å². The molecule has 2 nitrogen and oxygen atoms in total. The zero-order valence-corrected chi connectivity index (χ0v) is 9.44. The van der Waals surface area contributed by atoms with Gasteiger partial charge in [0.15, 0.2) is 0 Å². The molecular weight excluding hydrogens is 182 g/mol. The Morgan fingerprint density at radius 2 is 2.23 bits per heavy atom. The van der Waals surface area contributed by atoms with Crippen LogP contribution in [0, 0.1) is 5.92 Å². The van der Waals surface area contributed by atoms with Gasteiger partial charge in [0.2, 0.25) is 0 Å². The number of aliphatic hydroxyl groups is 1. The van der Waals surface area contributed by atoms with Gasteiger partial charge in [0.25, 0.3) is 0 Å². The first kappa shape index (κ1) is 11.3. The van der Waals surface area contributed by atoms with Crippen LogP contribution in [-0.4, -0.2) is 35.8 Å². The van der Waals surface area contributed by atoms with Gasteiger partial charge in [-0.3, -0.25) is 0 Å². The third-order valence-corrected chi connectivity index (χ3v) is 3.92. The van der Waals surface area contributed by atoms with Crippen LogP contribution in [0.4, 0.5) is 0 Å². The third kappa shape index (κ3) is 4.34. The van der Waals surface area contributed by atoms with Crippen LogP contribution in [0.3, 0.4) is 0 Å². The molecule has 1 rings (SSSR count). The Hall–Kier alpha value is 0.270. The van der Waals surface area contributed by atoms with E-state index in [1.54, 1.807) is 11.8 Å². The standard InChI is InChI=1S/C10H21NOS/c1-8(10(7-12)13-2)11-6-5-9-3-4-9/h8-12H,3-7H2,1-2H3. The van der Waals surface area contributed by atoms with E-state index in [1.165, 1.54) is 19.3 Å². The molecule has 0 aromatic carbocycles. The molecule has 0 bridgehead atoms. The van der Waals surface area contributed by atoms with Gasteiger partial charge in [-0.05, 0) is 32.1 Å². The highest BCUT2D eigenvalue weighted by Gasteiger charge is 2.21. The van der Waals surface area contributed by atoms with Gasteiger partial charge in [-0.25, -0.2) is 0 Å². The lowest BCUT2D eigenvalue weighted by Gasteiger charge is -2.21. The monoisotopic (exact) mass is 203 g/mol. The fourth-order valence-corrected chi connectivity index (χ4v) is 2.14. The van der Waals surface area contributed by atoms with Crippen molar-refractivity contribution in [2.75, 3.05) is 19.4 Å². The van der Waals surface area contributed by atoms with E-state index >= 15 is 0 Å². The molecule has 0 saturated heterocycles. The highest BCUT2D eigenvalue weighted by molar-refractivity contribution is 7.99. The van der Waals surface area contributed by atoms with Crippen LogP contribution in [0.2, 0.25) is 0 Å². The molecule has 0 amide bonds. The molecule has 2 N–H and O–H groups in total. The maximum Gasteiger partial charge on any atom is 0.0564 e. The molecule has 0 aromatic rings. The summed E-state index contributed by atoms with van der Waals surface area (Å²) in [6, 6.07) is 0.429. The molecule has 0 aromatic heterocycles. The molecule has 0 heterocycles. The zero-order chi connectivity index (χ0) is 9.68. The summed E-state index contributed by atoms with van der Waals surface area (Å²) in [6.07, 6.45) is 6.24. The third-order valence-electron chi connectivity index (χ3n) is 2.76. The number of rotatable bonds is 7. The molecular formula is C10H21NOS. The largest absolute Gasteiger partial charge is 0.395 e. The maximum atomic E-state index is 9.06. The van der Waals surface area contributed by atoms with E-state index in [2.05, 4.69) is 18.5 Å². The first-order valence-corrected chi connectivity index (χ1v) is 6.43. The second-order valence-electron chi connectivity index (χ2n) is 3.93. The Balaban J connectivity index is 2.03. The Morgan fingerprint density at radius 3 is 2.69 bits per heavy atom. The quantitative estimate of drug-likeness (QED) is 0.657. The minimum Gasteiger partial charge on any atom is -0.395 e. The van der Waals surface area contributed by atoms with Crippen molar-refractivity contribution in [1.29, 1.82) is 0 Å². The van der Waals surface area contributed by atoms with Crippen molar-refractivity contribution in [2.24, 2.45) is 5.92 Å². The summed E-state index contributed by atoms with van der Waals surface area (Å²) in [5.41, 5.74) is 0. The van der Waals surface area contributed by atoms with Crippen molar-refractivity contribution >= 4 is 11.8 Å². The Morgan fingerprint density at radius 1 is 1.54 bits per heavy atom. The molecule has 1 aliphatic rings. The van der Waals surface area contributed by atoms with Crippen LogP contribution in [0.1, 0.15) is 26.2 Å². The highest BCUT2D eigenvalue weighted by atomic mass is 32.2. The molecule has 78 valence electrons. The lowest BCUT2D eigenvalue weighted by atomic mass is 10.2. The number of nitrogens with one attached hydrogen (secondary N) is 1. The van der Waals surface area contributed by atoms with E-state index in [0.29, 0.717) is 11.3 Å². The normalized spacial score (nSPS) is 21.5. The van der Waals surface area contributed by atoms with Crippen LogP contribution in [0.15, 0.2) is 0 Å². The molecule has 3 heteroatoms. The Kier molecular flexibility index (Phi) is 5.14. The zero-order valence-electron chi connectivity index (χ0n) is 8.62. The van der Waals surface area contributed by atoms with Crippen LogP contribution < -0.4 is 5.32 Å². The van der Waals surface area contributed by atoms with E-state index < -0.39 is 0 Å². The molecule has 2 atom stereocenters. The van der Waals surface area contributed by atoms with Crippen molar-refractivity contribution in [3.8, 4) is 0 Å². The van der Waals surface area contributed by atoms with Crippen molar-refractivity contribution in [2.45, 2.75) is 37.5 Å². The number of aliphatic hydroxyl groups excluding tert-OH is 1. The molecule has 13 heavy (non-hydrogen) atoms. The van der Waals surface area contributed by atoms with Crippen LogP contribution in [-0.2, 0) is 0 Å². The molecule has 2 unspecified atom stereocenters. The average molecular weight is 203 g/mol. The Bertz CT molecular complexity index is 135. The highest BCUT2D eigenvalue weighted by Crippen LogP contribution is 2.31. The fourth-order valence-electron chi connectivity index (χ4n) is 1.49. The second kappa shape index (κ2) is 5.89. The van der Waals surface area contributed by atoms with Gasteiger partial charge < -0.3 is 10.4 Å². The van der Waals surface area contributed by atoms with Gasteiger partial charge in [-0.1, -0.05) is 12.8 Å². The SMILES string of the molecule is CSC(CO)C(C)NCCC1CC1. The summed E-state index contributed by atoms with van der Waals surface area (Å²) in [4.78, 5) is 0. The predicted octanol–water partition coefficient (Wildman–Crippen LogP) is 1.49. The summed E-state index contributed by atoms with van der Waals surface area (Å²) >= 11 is 1.74. The molecule has 1 fully saturated rings. The molecule has 0 spiro atoms. The van der Waals surface area contributed by atoms with E-state index in [-0.39, 0.29) is 6.61 Å². The lowest BCUT2D eigenvalue weighted by Crippen LogP contribution is -2.38.